The zero-order valence-corrected chi connectivity index (χ0v) is 19.7. The molecule has 0 aromatic heterocycles. The maximum Gasteiger partial charge on any atom is 0.257 e. The van der Waals surface area contributed by atoms with Gasteiger partial charge in [0.2, 0.25) is 0 Å². The highest BCUT2D eigenvalue weighted by molar-refractivity contribution is 6.30. The SMILES string of the molecule is CC(C)(C)[N+]1(C(=O)[O-])CCC(C(CO)N2CCC3(CC2)CNc2cc(Cl)ccc23)CC1. The number of likely N-dealkylation sites (tertiary alicyclic amines) is 2. The first-order valence-electron chi connectivity index (χ1n) is 11.6. The van der Waals surface area contributed by atoms with Crippen LogP contribution in [0.5, 0.6) is 0 Å². The number of aliphatic hydroxyl groups excluding tert-OH is 1. The van der Waals surface area contributed by atoms with Crippen LogP contribution in [0.3, 0.4) is 0 Å². The molecule has 1 aromatic rings. The number of amides is 1. The van der Waals surface area contributed by atoms with Gasteiger partial charge >= 0.3 is 0 Å². The number of carbonyl (C=O) groups is 1. The molecule has 0 saturated carbocycles. The van der Waals surface area contributed by atoms with Gasteiger partial charge < -0.3 is 20.3 Å². The van der Waals surface area contributed by atoms with Crippen molar-refractivity contribution in [3.8, 4) is 0 Å². The van der Waals surface area contributed by atoms with E-state index in [4.69, 9.17) is 11.6 Å². The second-order valence-corrected chi connectivity index (χ2v) is 11.2. The molecule has 3 aliphatic heterocycles. The normalized spacial score (nSPS) is 29.4. The van der Waals surface area contributed by atoms with Crippen molar-refractivity contribution >= 4 is 23.4 Å². The molecule has 1 atom stereocenters. The van der Waals surface area contributed by atoms with E-state index in [2.05, 4.69) is 16.3 Å². The molecule has 31 heavy (non-hydrogen) atoms. The standard InChI is InChI=1S/C24H36ClN3O3/c1-23(2,3)28(22(30)31)12-6-17(7-13-28)21(15-29)27-10-8-24(9-11-27)16-26-20-14-18(25)4-5-19(20)24/h4-5,14,17,21,26,29H,6-13,15-16H2,1-3H3. The number of carboxylic acid groups (broad SMARTS) is 1. The third-order valence-corrected chi connectivity index (χ3v) is 8.76. The van der Waals surface area contributed by atoms with Gasteiger partial charge in [0.05, 0.1) is 25.2 Å². The van der Waals surface area contributed by atoms with Crippen molar-refractivity contribution in [2.75, 3.05) is 44.6 Å². The van der Waals surface area contributed by atoms with Gasteiger partial charge in [0, 0.05) is 41.6 Å². The Bertz CT molecular complexity index is 822. The number of benzene rings is 1. The Hall–Kier alpha value is -1.34. The quantitative estimate of drug-likeness (QED) is 0.694. The van der Waals surface area contributed by atoms with E-state index in [1.54, 1.807) is 0 Å². The molecule has 1 aromatic carbocycles. The Labute approximate surface area is 190 Å². The van der Waals surface area contributed by atoms with E-state index in [1.807, 2.05) is 32.9 Å². The summed E-state index contributed by atoms with van der Waals surface area (Å²) in [4.78, 5) is 14.5. The Morgan fingerprint density at radius 1 is 1.32 bits per heavy atom. The second kappa shape index (κ2) is 8.22. The number of nitrogens with zero attached hydrogens (tertiary/aromatic N) is 2. The molecule has 0 aliphatic carbocycles. The molecule has 3 aliphatic rings. The Morgan fingerprint density at radius 2 is 1.97 bits per heavy atom. The van der Waals surface area contributed by atoms with E-state index < -0.39 is 6.09 Å². The van der Waals surface area contributed by atoms with Crippen LogP contribution in [0.2, 0.25) is 5.02 Å². The Morgan fingerprint density at radius 3 is 2.52 bits per heavy atom. The molecule has 7 heteroatoms. The maximum absolute atomic E-state index is 12.0. The predicted octanol–water partition coefficient (Wildman–Crippen LogP) is 2.83. The summed E-state index contributed by atoms with van der Waals surface area (Å²) in [5.41, 5.74) is 2.29. The molecule has 1 amide bonds. The van der Waals surface area contributed by atoms with Gasteiger partial charge in [-0.1, -0.05) is 17.7 Å². The lowest BCUT2D eigenvalue weighted by Gasteiger charge is -2.53. The van der Waals surface area contributed by atoms with Crippen LogP contribution in [0, 0.1) is 5.92 Å². The van der Waals surface area contributed by atoms with Crippen LogP contribution in [-0.2, 0) is 5.41 Å². The minimum absolute atomic E-state index is 0.00970. The van der Waals surface area contributed by atoms with Crippen molar-refractivity contribution in [1.82, 2.24) is 4.90 Å². The number of hydrogen-bond donors (Lipinski definition) is 2. The third kappa shape index (κ3) is 3.86. The van der Waals surface area contributed by atoms with Gasteiger partial charge in [-0.3, -0.25) is 9.38 Å². The number of halogens is 1. The number of anilines is 1. The van der Waals surface area contributed by atoms with E-state index in [1.165, 1.54) is 5.56 Å². The summed E-state index contributed by atoms with van der Waals surface area (Å²) in [6.07, 6.45) is 2.75. The van der Waals surface area contributed by atoms with Gasteiger partial charge in [0.15, 0.2) is 0 Å². The second-order valence-electron chi connectivity index (χ2n) is 10.8. The van der Waals surface area contributed by atoms with Crippen molar-refractivity contribution in [3.63, 3.8) is 0 Å². The minimum atomic E-state index is -0.973. The van der Waals surface area contributed by atoms with E-state index >= 15 is 0 Å². The summed E-state index contributed by atoms with van der Waals surface area (Å²) in [6.45, 7) is 10.1. The van der Waals surface area contributed by atoms with Crippen molar-refractivity contribution < 1.29 is 19.5 Å². The van der Waals surface area contributed by atoms with Gasteiger partial charge in [-0.2, -0.15) is 0 Å². The molecule has 6 nitrogen and oxygen atoms in total. The number of piperidine rings is 2. The van der Waals surface area contributed by atoms with Crippen molar-refractivity contribution in [1.29, 1.82) is 0 Å². The van der Waals surface area contributed by atoms with Crippen LogP contribution in [0.4, 0.5) is 10.5 Å². The molecule has 0 radical (unpaired) electrons. The van der Waals surface area contributed by atoms with Crippen LogP contribution >= 0.6 is 11.6 Å². The first-order chi connectivity index (χ1) is 14.6. The molecule has 2 fully saturated rings. The Balaban J connectivity index is 1.42. The van der Waals surface area contributed by atoms with Gasteiger partial charge in [0.1, 0.15) is 0 Å². The summed E-state index contributed by atoms with van der Waals surface area (Å²) < 4.78 is 0.00970. The number of hydrogen-bond acceptors (Lipinski definition) is 5. The highest BCUT2D eigenvalue weighted by Gasteiger charge is 2.48. The fourth-order valence-electron chi connectivity index (χ4n) is 6.32. The fraction of sp³-hybridized carbons (Fsp3) is 0.708. The summed E-state index contributed by atoms with van der Waals surface area (Å²) in [5.74, 6) is 0.319. The monoisotopic (exact) mass is 449 g/mol. The van der Waals surface area contributed by atoms with Gasteiger partial charge in [-0.15, -0.1) is 0 Å². The van der Waals surface area contributed by atoms with E-state index in [9.17, 15) is 15.0 Å². The van der Waals surface area contributed by atoms with Gasteiger partial charge in [-0.25, -0.2) is 0 Å². The number of fused-ring (bicyclic) bond motifs is 2. The first kappa shape index (κ1) is 22.8. The van der Waals surface area contributed by atoms with E-state index in [0.29, 0.717) is 19.0 Å². The molecule has 2 N–H and O–H groups in total. The molecule has 1 unspecified atom stereocenters. The lowest BCUT2D eigenvalue weighted by Crippen LogP contribution is -2.70. The lowest BCUT2D eigenvalue weighted by molar-refractivity contribution is -0.924. The smallest absolute Gasteiger partial charge is 0.257 e. The number of carbonyl (C=O) groups excluding carboxylic acids is 1. The molecular weight excluding hydrogens is 414 g/mol. The average Bonchev–Trinajstić information content (AvgIpc) is 3.06. The molecule has 4 rings (SSSR count). The number of aliphatic hydroxyl groups is 1. The number of quaternary nitrogens is 1. The van der Waals surface area contributed by atoms with E-state index in [0.717, 1.165) is 56.0 Å². The molecule has 172 valence electrons. The number of rotatable bonds is 3. The summed E-state index contributed by atoms with van der Waals surface area (Å²) in [5, 5.41) is 26.6. The molecule has 0 bridgehead atoms. The highest BCUT2D eigenvalue weighted by Crippen LogP contribution is 2.45. The third-order valence-electron chi connectivity index (χ3n) is 8.52. The zero-order chi connectivity index (χ0) is 22.4. The van der Waals surface area contributed by atoms with Crippen LogP contribution < -0.4 is 10.4 Å². The summed E-state index contributed by atoms with van der Waals surface area (Å²) in [6, 6.07) is 6.27. The van der Waals surface area contributed by atoms with E-state index in [-0.39, 0.29) is 28.1 Å². The van der Waals surface area contributed by atoms with Crippen molar-refractivity contribution in [2.24, 2.45) is 5.92 Å². The summed E-state index contributed by atoms with van der Waals surface area (Å²) in [7, 11) is 0. The van der Waals surface area contributed by atoms with Crippen LogP contribution in [0.1, 0.15) is 52.0 Å². The minimum Gasteiger partial charge on any atom is -0.498 e. The predicted molar refractivity (Wildman–Crippen MR) is 121 cm³/mol. The molecular formula is C24H36ClN3O3. The summed E-state index contributed by atoms with van der Waals surface area (Å²) >= 11 is 6.17. The van der Waals surface area contributed by atoms with Crippen molar-refractivity contribution in [3.05, 3.63) is 28.8 Å². The van der Waals surface area contributed by atoms with Crippen LogP contribution in [0.15, 0.2) is 18.2 Å². The first-order valence-corrected chi connectivity index (χ1v) is 12.0. The topological polar surface area (TPSA) is 75.6 Å². The van der Waals surface area contributed by atoms with Crippen LogP contribution in [-0.4, -0.2) is 71.5 Å². The maximum atomic E-state index is 12.0. The Kier molecular flexibility index (Phi) is 6.05. The highest BCUT2D eigenvalue weighted by atomic mass is 35.5. The fourth-order valence-corrected chi connectivity index (χ4v) is 6.49. The molecule has 3 heterocycles. The lowest BCUT2D eigenvalue weighted by atomic mass is 9.73. The van der Waals surface area contributed by atoms with Crippen molar-refractivity contribution in [2.45, 2.75) is 63.5 Å². The van der Waals surface area contributed by atoms with Gasteiger partial charge in [0.25, 0.3) is 6.09 Å². The number of nitrogens with one attached hydrogen (secondary N) is 1. The zero-order valence-electron chi connectivity index (χ0n) is 19.0. The average molecular weight is 450 g/mol. The molecule has 2 saturated heterocycles. The molecule has 1 spiro atoms. The van der Waals surface area contributed by atoms with Gasteiger partial charge in [-0.05, 0) is 70.3 Å². The largest absolute Gasteiger partial charge is 0.498 e. The van der Waals surface area contributed by atoms with Crippen LogP contribution in [0.25, 0.3) is 0 Å².